The Hall–Kier alpha value is -10.0. The Balaban J connectivity index is 0.000000144. The molecule has 23 nitrogen and oxygen atoms in total. The smallest absolute Gasteiger partial charge is 0.373 e. The third kappa shape index (κ3) is 19.6. The molecule has 110 heavy (non-hydrogen) atoms. The van der Waals surface area contributed by atoms with Crippen LogP contribution in [0.3, 0.4) is 0 Å². The Labute approximate surface area is 652 Å². The van der Waals surface area contributed by atoms with Gasteiger partial charge in [0.25, 0.3) is 5.52 Å². The Kier molecular flexibility index (Phi) is 28.8. The zero-order chi connectivity index (χ0) is 74.9. The monoisotopic (exact) mass is 1670 g/mol. The van der Waals surface area contributed by atoms with E-state index in [-0.39, 0.29) is 94.8 Å². The summed E-state index contributed by atoms with van der Waals surface area (Å²) in [6.45, 7) is 16.9. The first-order valence-electron chi connectivity index (χ1n) is 38.1. The number of pyridine rings is 4. The van der Waals surface area contributed by atoms with Gasteiger partial charge in [0, 0.05) is 155 Å². The number of furan rings is 4. The van der Waals surface area contributed by atoms with E-state index in [2.05, 4.69) is 37.7 Å². The second kappa shape index (κ2) is 39.1. The Morgan fingerprint density at radius 3 is 1.33 bits per heavy atom. The molecule has 0 bridgehead atoms. The van der Waals surface area contributed by atoms with Gasteiger partial charge < -0.3 is 58.7 Å². The first-order chi connectivity index (χ1) is 52.8. The number of hydrogen-bond donors (Lipinski definition) is 1. The number of Topliss-reactive ketones (excluding diaryl/α,β-unsaturated/α-hetero) is 4. The second-order valence-electron chi connectivity index (χ2n) is 28.2. The molecule has 11 heterocycles. The van der Waals surface area contributed by atoms with E-state index in [1.54, 1.807) is 50.1 Å². The van der Waals surface area contributed by atoms with Crippen LogP contribution < -0.4 is 18.9 Å². The number of hydrogen-bond acceptors (Lipinski definition) is 22. The van der Waals surface area contributed by atoms with Gasteiger partial charge >= 0.3 is 12.1 Å². The first-order valence-corrected chi connectivity index (χ1v) is 38.1. The van der Waals surface area contributed by atoms with Crippen molar-refractivity contribution in [1.29, 1.82) is 0 Å². The molecule has 576 valence electrons. The number of likely N-dealkylation sites (tertiary alicyclic amines) is 3. The predicted octanol–water partition coefficient (Wildman–Crippen LogP) is 15.4. The number of ketones is 4. The van der Waals surface area contributed by atoms with E-state index in [1.807, 2.05) is 79.1 Å². The van der Waals surface area contributed by atoms with Gasteiger partial charge in [0.1, 0.15) is 45.5 Å². The maximum absolute atomic E-state index is 12.5. The number of nitrogens with zero attached hydrogens (tertiary/aromatic N) is 7. The molecule has 2 atom stereocenters. The third-order valence-corrected chi connectivity index (χ3v) is 20.9. The Morgan fingerprint density at radius 1 is 0.518 bits per heavy atom. The van der Waals surface area contributed by atoms with Gasteiger partial charge in [-0.3, -0.25) is 29.2 Å². The van der Waals surface area contributed by atoms with Crippen molar-refractivity contribution in [3.8, 4) is 17.6 Å². The van der Waals surface area contributed by atoms with Crippen molar-refractivity contribution in [2.45, 2.75) is 141 Å². The number of carbonyl (C=O) groups excluding carboxylic acids is 7. The second-order valence-corrected chi connectivity index (χ2v) is 28.2. The maximum Gasteiger partial charge on any atom is 0.373 e. The minimum absolute atomic E-state index is 0. The van der Waals surface area contributed by atoms with Crippen LogP contribution in [0, 0.1) is 7.43 Å². The predicted molar refractivity (Wildman–Crippen MR) is 412 cm³/mol. The van der Waals surface area contributed by atoms with Gasteiger partial charge in [-0.15, -0.1) is 0 Å². The molecule has 4 aromatic carbocycles. The van der Waals surface area contributed by atoms with Crippen molar-refractivity contribution in [3.05, 3.63) is 158 Å². The van der Waals surface area contributed by atoms with Crippen LogP contribution in [0.4, 0.5) is 0 Å². The van der Waals surface area contributed by atoms with Crippen LogP contribution in [0.25, 0.3) is 87.5 Å². The summed E-state index contributed by atoms with van der Waals surface area (Å²) in [6, 6.07) is 30.7. The summed E-state index contributed by atoms with van der Waals surface area (Å²) in [5, 5.41) is 17.6. The van der Waals surface area contributed by atoms with Gasteiger partial charge in [-0.1, -0.05) is 13.3 Å². The maximum atomic E-state index is 12.5. The Bertz CT molecular complexity index is 5040. The zero-order valence-electron chi connectivity index (χ0n) is 62.8. The SMILES string of the molecule is CCCc1coc2ccc3nc(OCCCN4CCCC4)ccc3c12.CCOC(=O)Cc1coc2ccc3c(ccc[n+]3O)c12.O=C1CCC(c2coc3ccc4nc(OCCCN5CCCC5)ccc4c23)C(=O)C1.O=C1CCC(c2coc3ccc4nc(OCCCN5CCCC5)ccc4c23)C(=O)C1.O=C=O.[CH3-].[W]. The summed E-state index contributed by atoms with van der Waals surface area (Å²) in [6.07, 6.45) is 23.9. The minimum Gasteiger partial charge on any atom is -0.478 e. The van der Waals surface area contributed by atoms with Gasteiger partial charge in [0.05, 0.1) is 92.7 Å². The number of carbonyl (C=O) groups is 5. The van der Waals surface area contributed by atoms with Crippen LogP contribution in [-0.4, -0.2) is 155 Å². The fourth-order valence-electron chi connectivity index (χ4n) is 15.7. The standard InChI is InChI=1S/2C24H26N2O4.C21H26N2O2.C15H14NO4.CO2.CH3.W/c2*27-16-4-5-17(21(28)14-16)19-15-30-22-8-7-20-18(24(19)22)6-9-23(25-20)29-13-3-12-26-10-1-2-11-26;1-2-6-16-15-25-19-9-8-18-17(21(16)19)7-10-20(22-18)24-14-5-13-23-11-3-4-12-23;1-2-19-14(17)8-10-9-20-13-6-5-12-11(15(10)13)4-3-7-16(12)18;2-1-3;;/h2*6-9,15,17H,1-5,10-14H2;7-10,15H,2-6,11-14H2,1H3;3-7,9,18H,2,8H2,1H3;;1H3;/q;;;+1;;-1;. The molecule has 0 radical (unpaired) electrons. The molecule has 2 aliphatic carbocycles. The number of ether oxygens (including phenoxy) is 4. The molecule has 3 aliphatic heterocycles. The summed E-state index contributed by atoms with van der Waals surface area (Å²) in [5.74, 6) is 1.12. The molecule has 8 aromatic heterocycles. The van der Waals surface area contributed by atoms with Gasteiger partial charge in [-0.2, -0.15) is 9.59 Å². The van der Waals surface area contributed by atoms with E-state index in [0.29, 0.717) is 74.2 Å². The zero-order valence-corrected chi connectivity index (χ0v) is 65.7. The molecule has 3 saturated heterocycles. The average Bonchev–Trinajstić information content (AvgIpc) is 1.39. The summed E-state index contributed by atoms with van der Waals surface area (Å²) in [5.41, 5.74) is 10.1. The normalized spacial score (nSPS) is 16.7. The number of fused-ring (bicyclic) bond motifs is 12. The molecule has 0 amide bonds. The number of rotatable bonds is 22. The van der Waals surface area contributed by atoms with E-state index in [9.17, 15) is 29.2 Å². The molecule has 24 heteroatoms. The molecule has 5 aliphatic rings. The van der Waals surface area contributed by atoms with E-state index in [4.69, 9.17) is 51.2 Å². The van der Waals surface area contributed by atoms with Crippen LogP contribution >= 0.6 is 0 Å². The van der Waals surface area contributed by atoms with E-state index in [1.165, 1.54) is 88.7 Å². The molecule has 2 saturated carbocycles. The van der Waals surface area contributed by atoms with Crippen LogP contribution in [0.15, 0.2) is 146 Å². The molecular formula is C86H95N7O16W. The molecule has 5 fully saturated rings. The number of esters is 1. The van der Waals surface area contributed by atoms with Crippen LogP contribution in [0.5, 0.6) is 17.6 Å². The number of aryl methyl sites for hydroxylation is 1. The van der Waals surface area contributed by atoms with Crippen LogP contribution in [0.1, 0.15) is 151 Å². The summed E-state index contributed by atoms with van der Waals surface area (Å²) < 4.78 is 46.3. The molecule has 12 aromatic rings. The van der Waals surface area contributed by atoms with Gasteiger partial charge in [0.15, 0.2) is 0 Å². The summed E-state index contributed by atoms with van der Waals surface area (Å²) in [4.78, 5) is 97.6. The van der Waals surface area contributed by atoms with E-state index < -0.39 is 0 Å². The van der Waals surface area contributed by atoms with Crippen molar-refractivity contribution >= 4 is 123 Å². The van der Waals surface area contributed by atoms with Crippen molar-refractivity contribution < 1.29 is 101 Å². The topological polar surface area (TPSA) is 281 Å². The Morgan fingerprint density at radius 2 is 0.909 bits per heavy atom. The van der Waals surface area contributed by atoms with Crippen molar-refractivity contribution in [3.63, 3.8) is 0 Å². The average molecular weight is 1670 g/mol. The van der Waals surface area contributed by atoms with Gasteiger partial charge in [0.2, 0.25) is 23.8 Å². The molecule has 2 unspecified atom stereocenters. The van der Waals surface area contributed by atoms with Crippen molar-refractivity contribution in [2.24, 2.45) is 0 Å². The molecule has 1 N–H and O–H groups in total. The molecule has 0 spiro atoms. The molecular weight excluding hydrogens is 1570 g/mol. The van der Waals surface area contributed by atoms with Crippen molar-refractivity contribution in [1.82, 2.24) is 29.7 Å². The first kappa shape index (κ1) is 81.0. The van der Waals surface area contributed by atoms with Crippen LogP contribution in [0.2, 0.25) is 0 Å². The third-order valence-electron chi connectivity index (χ3n) is 20.9. The van der Waals surface area contributed by atoms with E-state index in [0.717, 1.165) is 151 Å². The molecule has 17 rings (SSSR count). The fraction of sp³-hybridized carbons (Fsp3) is 0.407. The van der Waals surface area contributed by atoms with Gasteiger partial charge in [-0.05, 0) is 196 Å². The van der Waals surface area contributed by atoms with Gasteiger partial charge in [-0.25, -0.2) is 15.0 Å². The largest absolute Gasteiger partial charge is 0.478 e. The summed E-state index contributed by atoms with van der Waals surface area (Å²) >= 11 is 0. The van der Waals surface area contributed by atoms with Crippen LogP contribution in [-0.2, 0) is 72.2 Å². The number of benzene rings is 4. The minimum atomic E-state index is -0.292. The quantitative estimate of drug-likeness (QED) is 0.0165. The fourth-order valence-corrected chi connectivity index (χ4v) is 15.7. The van der Waals surface area contributed by atoms with Crippen molar-refractivity contribution in [2.75, 3.05) is 85.3 Å². The number of aromatic nitrogens is 4. The summed E-state index contributed by atoms with van der Waals surface area (Å²) in [7, 11) is 0. The van der Waals surface area contributed by atoms with E-state index >= 15 is 0 Å².